The highest BCUT2D eigenvalue weighted by Crippen LogP contribution is 2.35. The Balaban J connectivity index is 1.58. The first-order chi connectivity index (χ1) is 21.5. The molecule has 14 heteroatoms. The van der Waals surface area contributed by atoms with E-state index in [-0.39, 0.29) is 46.5 Å². The van der Waals surface area contributed by atoms with Gasteiger partial charge in [0.25, 0.3) is 5.91 Å². The van der Waals surface area contributed by atoms with Crippen LogP contribution in [0.3, 0.4) is 0 Å². The third kappa shape index (κ3) is 7.75. The summed E-state index contributed by atoms with van der Waals surface area (Å²) in [6, 6.07) is 11.5. The van der Waals surface area contributed by atoms with Gasteiger partial charge in [0.15, 0.2) is 11.0 Å². The van der Waals surface area contributed by atoms with Crippen LogP contribution >= 0.6 is 23.1 Å². The van der Waals surface area contributed by atoms with Gasteiger partial charge < -0.3 is 20.1 Å². The maximum atomic E-state index is 14.2. The average Bonchev–Trinajstić information content (AvgIpc) is 3.56. The smallest absolute Gasteiger partial charge is 0.348 e. The fourth-order valence-electron chi connectivity index (χ4n) is 4.35. The largest absolute Gasteiger partial charge is 0.462 e. The van der Waals surface area contributed by atoms with E-state index in [2.05, 4.69) is 20.8 Å². The molecule has 2 N–H and O–H groups in total. The topological polar surface area (TPSA) is 142 Å². The molecule has 0 spiro atoms. The third-order valence-electron chi connectivity index (χ3n) is 6.50. The molecule has 2 amide bonds. The Hall–Kier alpha value is -4.56. The van der Waals surface area contributed by atoms with Crippen molar-refractivity contribution >= 4 is 51.9 Å². The highest BCUT2D eigenvalue weighted by Gasteiger charge is 2.28. The van der Waals surface area contributed by atoms with Crippen LogP contribution in [0.25, 0.3) is 5.69 Å². The minimum Gasteiger partial charge on any atom is -0.462 e. The zero-order valence-electron chi connectivity index (χ0n) is 25.4. The number of carbonyl (C=O) groups is 4. The minimum absolute atomic E-state index is 0.0612. The van der Waals surface area contributed by atoms with E-state index in [4.69, 9.17) is 9.47 Å². The Morgan fingerprint density at radius 1 is 0.978 bits per heavy atom. The van der Waals surface area contributed by atoms with E-state index in [1.807, 2.05) is 32.0 Å². The molecule has 45 heavy (non-hydrogen) atoms. The molecule has 0 radical (unpaired) electrons. The molecule has 2 aromatic heterocycles. The van der Waals surface area contributed by atoms with Crippen LogP contribution in [0.5, 0.6) is 0 Å². The SMILES string of the molecule is CCOC(=O)c1sc(NC(=O)CSc2nnc(CNC(=O)c3ccccc3F)n2-c2cc(C)ccc2C)c(C(=O)OCC)c1C. The molecule has 2 aromatic carbocycles. The summed E-state index contributed by atoms with van der Waals surface area (Å²) in [5.74, 6) is -2.74. The van der Waals surface area contributed by atoms with Gasteiger partial charge >= 0.3 is 11.9 Å². The van der Waals surface area contributed by atoms with Gasteiger partial charge in [0.2, 0.25) is 5.91 Å². The molecule has 0 aliphatic heterocycles. The van der Waals surface area contributed by atoms with Crippen molar-refractivity contribution in [3.05, 3.63) is 86.8 Å². The van der Waals surface area contributed by atoms with Crippen LogP contribution in [0.4, 0.5) is 9.39 Å². The van der Waals surface area contributed by atoms with Crippen molar-refractivity contribution in [3.8, 4) is 5.69 Å². The van der Waals surface area contributed by atoms with Crippen LogP contribution in [0.2, 0.25) is 0 Å². The molecule has 0 unspecified atom stereocenters. The number of hydrogen-bond acceptors (Lipinski definition) is 10. The van der Waals surface area contributed by atoms with Gasteiger partial charge in [0.1, 0.15) is 15.7 Å². The van der Waals surface area contributed by atoms with Crippen molar-refractivity contribution in [2.45, 2.75) is 46.3 Å². The zero-order chi connectivity index (χ0) is 32.7. The number of aryl methyl sites for hydroxylation is 2. The first-order valence-electron chi connectivity index (χ1n) is 14.0. The predicted octanol–water partition coefficient (Wildman–Crippen LogP) is 5.41. The number of amides is 2. The summed E-state index contributed by atoms with van der Waals surface area (Å²) >= 11 is 2.03. The van der Waals surface area contributed by atoms with E-state index in [9.17, 15) is 23.6 Å². The summed E-state index contributed by atoms with van der Waals surface area (Å²) in [7, 11) is 0. The van der Waals surface area contributed by atoms with Crippen molar-refractivity contribution in [1.29, 1.82) is 0 Å². The molecule has 0 fully saturated rings. The number of rotatable bonds is 12. The van der Waals surface area contributed by atoms with Gasteiger partial charge in [-0.2, -0.15) is 0 Å². The highest BCUT2D eigenvalue weighted by molar-refractivity contribution is 7.99. The molecular weight excluding hydrogens is 622 g/mol. The van der Waals surface area contributed by atoms with Crippen molar-refractivity contribution in [1.82, 2.24) is 20.1 Å². The number of aromatic nitrogens is 3. The summed E-state index contributed by atoms with van der Waals surface area (Å²) in [4.78, 5) is 51.3. The Morgan fingerprint density at radius 3 is 2.40 bits per heavy atom. The van der Waals surface area contributed by atoms with Gasteiger partial charge in [0.05, 0.1) is 42.3 Å². The molecule has 236 valence electrons. The molecule has 0 atom stereocenters. The van der Waals surface area contributed by atoms with E-state index < -0.39 is 29.6 Å². The van der Waals surface area contributed by atoms with Crippen molar-refractivity contribution in [2.24, 2.45) is 0 Å². The van der Waals surface area contributed by atoms with Crippen LogP contribution in [0.1, 0.15) is 66.7 Å². The lowest BCUT2D eigenvalue weighted by Gasteiger charge is -2.14. The van der Waals surface area contributed by atoms with Gasteiger partial charge in [-0.3, -0.25) is 14.2 Å². The van der Waals surface area contributed by atoms with Crippen LogP contribution in [-0.4, -0.2) is 57.5 Å². The van der Waals surface area contributed by atoms with Crippen molar-refractivity contribution in [2.75, 3.05) is 24.3 Å². The molecule has 4 aromatic rings. The Labute approximate surface area is 267 Å². The van der Waals surface area contributed by atoms with E-state index in [0.717, 1.165) is 39.9 Å². The highest BCUT2D eigenvalue weighted by atomic mass is 32.2. The lowest BCUT2D eigenvalue weighted by atomic mass is 10.1. The number of ether oxygens (including phenoxy) is 2. The summed E-state index contributed by atoms with van der Waals surface area (Å²) < 4.78 is 26.2. The second kappa shape index (κ2) is 14.9. The van der Waals surface area contributed by atoms with Gasteiger partial charge in [-0.25, -0.2) is 14.0 Å². The number of nitrogens with zero attached hydrogens (tertiary/aromatic N) is 3. The molecule has 0 aliphatic carbocycles. The van der Waals surface area contributed by atoms with Crippen LogP contribution in [-0.2, 0) is 20.8 Å². The maximum Gasteiger partial charge on any atom is 0.348 e. The Morgan fingerprint density at radius 2 is 1.69 bits per heavy atom. The number of esters is 2. The third-order valence-corrected chi connectivity index (χ3v) is 8.62. The number of halogens is 1. The molecule has 0 bridgehead atoms. The minimum atomic E-state index is -0.665. The van der Waals surface area contributed by atoms with Crippen molar-refractivity contribution < 1.29 is 33.0 Å². The van der Waals surface area contributed by atoms with Crippen LogP contribution < -0.4 is 10.6 Å². The zero-order valence-corrected chi connectivity index (χ0v) is 27.0. The van der Waals surface area contributed by atoms with Gasteiger partial charge in [-0.15, -0.1) is 21.5 Å². The van der Waals surface area contributed by atoms with E-state index in [0.29, 0.717) is 16.5 Å². The van der Waals surface area contributed by atoms with Gasteiger partial charge in [0, 0.05) is 0 Å². The summed E-state index contributed by atoms with van der Waals surface area (Å²) in [5.41, 5.74) is 2.96. The lowest BCUT2D eigenvalue weighted by molar-refractivity contribution is -0.113. The number of carbonyl (C=O) groups excluding carboxylic acids is 4. The molecule has 0 saturated carbocycles. The number of hydrogen-bond donors (Lipinski definition) is 2. The second-order valence-corrected chi connectivity index (χ2v) is 11.7. The Kier molecular flexibility index (Phi) is 11.1. The number of thiophene rings is 1. The normalized spacial score (nSPS) is 10.8. The standard InChI is InChI=1S/C31H32FN5O6S2/c1-6-42-29(40)25-19(5)26(30(41)43-7-2)45-28(25)34-24(38)16-44-31-36-35-23(37(31)22-14-17(3)12-13-18(22)4)15-33-27(39)20-10-8-9-11-21(20)32/h8-14H,6-7,15-16H2,1-5H3,(H,33,39)(H,34,38). The summed E-state index contributed by atoms with van der Waals surface area (Å²) in [5, 5.41) is 14.5. The quantitative estimate of drug-likeness (QED) is 0.152. The predicted molar refractivity (Wildman–Crippen MR) is 169 cm³/mol. The number of benzene rings is 2. The van der Waals surface area contributed by atoms with Crippen LogP contribution in [0.15, 0.2) is 47.6 Å². The molecule has 4 rings (SSSR count). The number of thioether (sulfide) groups is 1. The molecule has 11 nitrogen and oxygen atoms in total. The molecule has 0 aliphatic rings. The summed E-state index contributed by atoms with van der Waals surface area (Å²) in [6.07, 6.45) is 0. The molecular formula is C31H32FN5O6S2. The van der Waals surface area contributed by atoms with E-state index in [1.165, 1.54) is 18.2 Å². The Bertz CT molecular complexity index is 1750. The van der Waals surface area contributed by atoms with Gasteiger partial charge in [-0.1, -0.05) is 36.0 Å². The molecule has 0 saturated heterocycles. The summed E-state index contributed by atoms with van der Waals surface area (Å²) in [6.45, 7) is 8.98. The average molecular weight is 654 g/mol. The van der Waals surface area contributed by atoms with E-state index in [1.54, 1.807) is 31.4 Å². The van der Waals surface area contributed by atoms with E-state index >= 15 is 0 Å². The number of anilines is 1. The van der Waals surface area contributed by atoms with Crippen molar-refractivity contribution in [3.63, 3.8) is 0 Å². The van der Waals surface area contributed by atoms with Crippen LogP contribution in [0, 0.1) is 26.6 Å². The fourth-order valence-corrected chi connectivity index (χ4v) is 6.21. The van der Waals surface area contributed by atoms with Gasteiger partial charge in [-0.05, 0) is 69.5 Å². The first kappa shape index (κ1) is 33.3. The monoisotopic (exact) mass is 653 g/mol. The first-order valence-corrected chi connectivity index (χ1v) is 15.8. The number of nitrogens with one attached hydrogen (secondary N) is 2. The maximum absolute atomic E-state index is 14.2. The lowest BCUT2D eigenvalue weighted by Crippen LogP contribution is -2.25. The fraction of sp³-hybridized carbons (Fsp3) is 0.290. The molecule has 2 heterocycles. The second-order valence-electron chi connectivity index (χ2n) is 9.72.